The van der Waals surface area contributed by atoms with E-state index in [1.165, 1.54) is 31.2 Å². The van der Waals surface area contributed by atoms with Crippen LogP contribution in [-0.4, -0.2) is 75.2 Å². The van der Waals surface area contributed by atoms with E-state index in [1.54, 1.807) is 13.8 Å². The van der Waals surface area contributed by atoms with Crippen molar-refractivity contribution in [3.8, 4) is 5.75 Å². The topological polar surface area (TPSA) is 234 Å². The van der Waals surface area contributed by atoms with Crippen molar-refractivity contribution in [2.45, 2.75) is 70.3 Å². The third kappa shape index (κ3) is 10.3. The number of nitrogens with one attached hydrogen (secondary N) is 3. The molecule has 1 aromatic rings. The Morgan fingerprint density at radius 3 is 1.92 bits per heavy atom. The molecular formula is C23H35N5O8. The Bertz CT molecular complexity index is 935. The lowest BCUT2D eigenvalue weighted by molar-refractivity contribution is -0.142. The molecular weight excluding hydrogens is 474 g/mol. The molecule has 4 amide bonds. The fraction of sp³-hybridized carbons (Fsp3) is 0.522. The summed E-state index contributed by atoms with van der Waals surface area (Å²) in [6.07, 6.45) is -1.81. The summed E-state index contributed by atoms with van der Waals surface area (Å²) in [6.45, 7) is 4.81. The van der Waals surface area contributed by atoms with Crippen LogP contribution in [0.3, 0.4) is 0 Å². The Morgan fingerprint density at radius 1 is 0.889 bits per heavy atom. The number of carboxylic acids is 1. The van der Waals surface area contributed by atoms with Gasteiger partial charge in [0, 0.05) is 6.42 Å². The molecule has 0 fully saturated rings. The normalized spacial score (nSPS) is 15.2. The molecule has 36 heavy (non-hydrogen) atoms. The second-order valence-electron chi connectivity index (χ2n) is 8.96. The lowest BCUT2D eigenvalue weighted by Crippen LogP contribution is -2.60. The number of nitrogens with two attached hydrogens (primary N) is 2. The minimum absolute atomic E-state index is 0.00436. The lowest BCUT2D eigenvalue weighted by Gasteiger charge is -2.27. The van der Waals surface area contributed by atoms with Crippen LogP contribution in [0, 0.1) is 5.92 Å². The molecule has 0 bridgehead atoms. The van der Waals surface area contributed by atoms with E-state index in [1.807, 2.05) is 0 Å². The fourth-order valence-corrected chi connectivity index (χ4v) is 3.28. The van der Waals surface area contributed by atoms with Crippen LogP contribution in [0.4, 0.5) is 0 Å². The van der Waals surface area contributed by atoms with Gasteiger partial charge in [0.15, 0.2) is 0 Å². The predicted molar refractivity (Wildman–Crippen MR) is 128 cm³/mol. The molecule has 0 radical (unpaired) electrons. The Balaban J connectivity index is 2.99. The molecule has 0 aliphatic heterocycles. The van der Waals surface area contributed by atoms with Gasteiger partial charge in [0.25, 0.3) is 0 Å². The molecule has 0 aromatic heterocycles. The highest BCUT2D eigenvalue weighted by Crippen LogP contribution is 2.12. The smallest absolute Gasteiger partial charge is 0.326 e. The number of aliphatic hydroxyl groups excluding tert-OH is 1. The number of primary amides is 1. The highest BCUT2D eigenvalue weighted by molar-refractivity contribution is 5.95. The van der Waals surface area contributed by atoms with Gasteiger partial charge in [-0.15, -0.1) is 0 Å². The van der Waals surface area contributed by atoms with Gasteiger partial charge < -0.3 is 42.7 Å². The largest absolute Gasteiger partial charge is 0.508 e. The molecule has 0 unspecified atom stereocenters. The van der Waals surface area contributed by atoms with E-state index < -0.39 is 66.3 Å². The second kappa shape index (κ2) is 14.0. The van der Waals surface area contributed by atoms with Gasteiger partial charge in [-0.25, -0.2) is 4.79 Å². The van der Waals surface area contributed by atoms with Crippen LogP contribution in [-0.2, 0) is 30.4 Å². The summed E-state index contributed by atoms with van der Waals surface area (Å²) >= 11 is 0. The van der Waals surface area contributed by atoms with Gasteiger partial charge in [-0.05, 0) is 37.0 Å². The molecule has 0 saturated carbocycles. The molecule has 13 nitrogen and oxygen atoms in total. The quantitative estimate of drug-likeness (QED) is 0.140. The van der Waals surface area contributed by atoms with Crippen LogP contribution in [0.1, 0.15) is 39.2 Å². The van der Waals surface area contributed by atoms with Gasteiger partial charge >= 0.3 is 5.97 Å². The Hall–Kier alpha value is -3.71. The van der Waals surface area contributed by atoms with Crippen molar-refractivity contribution in [1.29, 1.82) is 0 Å². The van der Waals surface area contributed by atoms with E-state index in [2.05, 4.69) is 16.0 Å². The third-order valence-electron chi connectivity index (χ3n) is 5.15. The van der Waals surface area contributed by atoms with Crippen LogP contribution in [0.25, 0.3) is 0 Å². The zero-order valence-electron chi connectivity index (χ0n) is 20.4. The maximum absolute atomic E-state index is 13.0. The maximum atomic E-state index is 13.0. The molecule has 10 N–H and O–H groups in total. The molecule has 0 heterocycles. The molecule has 0 saturated heterocycles. The van der Waals surface area contributed by atoms with Crippen molar-refractivity contribution in [3.63, 3.8) is 0 Å². The molecule has 13 heteroatoms. The van der Waals surface area contributed by atoms with Crippen LogP contribution >= 0.6 is 0 Å². The monoisotopic (exact) mass is 509 g/mol. The van der Waals surface area contributed by atoms with Gasteiger partial charge in [0.1, 0.15) is 23.9 Å². The lowest BCUT2D eigenvalue weighted by atomic mass is 10.0. The van der Waals surface area contributed by atoms with Gasteiger partial charge in [0.2, 0.25) is 23.6 Å². The zero-order chi connectivity index (χ0) is 27.6. The first kappa shape index (κ1) is 30.3. The summed E-state index contributed by atoms with van der Waals surface area (Å²) in [4.78, 5) is 60.8. The number of phenolic OH excluding ortho intramolecular Hbond substituents is 1. The van der Waals surface area contributed by atoms with E-state index in [-0.39, 0.29) is 24.5 Å². The van der Waals surface area contributed by atoms with E-state index in [4.69, 9.17) is 11.5 Å². The first-order valence-electron chi connectivity index (χ1n) is 11.3. The SMILES string of the molecule is CC(C)C[C@H](NC(=O)[C@@H](NC(=O)[C@@H](N)CC(N)=O)[C@@H](C)O)C(=O)N[C@@H](Cc1ccc(O)cc1)C(=O)O. The minimum Gasteiger partial charge on any atom is -0.508 e. The first-order valence-corrected chi connectivity index (χ1v) is 11.3. The Morgan fingerprint density at radius 2 is 1.44 bits per heavy atom. The third-order valence-corrected chi connectivity index (χ3v) is 5.15. The summed E-state index contributed by atoms with van der Waals surface area (Å²) in [6, 6.07) is 0.445. The standard InChI is InChI=1S/C23H35N5O8/c1-11(2)8-16(21(33)27-17(23(35)36)9-13-4-6-14(30)7-5-13)26-22(34)19(12(3)29)28-20(32)15(24)10-18(25)31/h4-7,11-12,15-17,19,29-30H,8-10,24H2,1-3H3,(H2,25,31)(H,26,34)(H,27,33)(H,28,32)(H,35,36)/t12-,15+,16+,17+,19+/m1/s1. The van der Waals surface area contributed by atoms with Crippen LogP contribution in [0.15, 0.2) is 24.3 Å². The number of carbonyl (C=O) groups excluding carboxylic acids is 4. The molecule has 1 rings (SSSR count). The van der Waals surface area contributed by atoms with Crippen molar-refractivity contribution in [3.05, 3.63) is 29.8 Å². The van der Waals surface area contributed by atoms with Crippen molar-refractivity contribution < 1.29 is 39.3 Å². The maximum Gasteiger partial charge on any atom is 0.326 e. The highest BCUT2D eigenvalue weighted by Gasteiger charge is 2.33. The Labute approximate surface area is 208 Å². The number of aromatic hydroxyl groups is 1. The van der Waals surface area contributed by atoms with Crippen LogP contribution < -0.4 is 27.4 Å². The number of phenols is 1. The van der Waals surface area contributed by atoms with Gasteiger partial charge in [0.05, 0.1) is 18.6 Å². The predicted octanol–water partition coefficient (Wildman–Crippen LogP) is -1.90. The molecule has 0 spiro atoms. The summed E-state index contributed by atoms with van der Waals surface area (Å²) in [7, 11) is 0. The average molecular weight is 510 g/mol. The molecule has 200 valence electrons. The minimum atomic E-state index is -1.51. The van der Waals surface area contributed by atoms with Crippen LogP contribution in [0.2, 0.25) is 0 Å². The number of hydrogen-bond acceptors (Lipinski definition) is 8. The number of carbonyl (C=O) groups is 5. The van der Waals surface area contributed by atoms with E-state index >= 15 is 0 Å². The summed E-state index contributed by atoms with van der Waals surface area (Å²) in [5.41, 5.74) is 11.1. The van der Waals surface area contributed by atoms with E-state index in [9.17, 15) is 39.3 Å². The molecule has 1 aromatic carbocycles. The van der Waals surface area contributed by atoms with E-state index in [0.29, 0.717) is 5.56 Å². The Kier molecular flexibility index (Phi) is 11.8. The highest BCUT2D eigenvalue weighted by atomic mass is 16.4. The number of aliphatic carboxylic acids is 1. The van der Waals surface area contributed by atoms with Crippen molar-refractivity contribution in [2.75, 3.05) is 0 Å². The second-order valence-corrected chi connectivity index (χ2v) is 8.96. The van der Waals surface area contributed by atoms with E-state index in [0.717, 1.165) is 0 Å². The van der Waals surface area contributed by atoms with Crippen molar-refractivity contribution in [1.82, 2.24) is 16.0 Å². The summed E-state index contributed by atoms with van der Waals surface area (Å²) < 4.78 is 0. The summed E-state index contributed by atoms with van der Waals surface area (Å²) in [5, 5.41) is 36.1. The molecule has 5 atom stereocenters. The zero-order valence-corrected chi connectivity index (χ0v) is 20.4. The number of benzene rings is 1. The van der Waals surface area contributed by atoms with Crippen molar-refractivity contribution >= 4 is 29.6 Å². The fourth-order valence-electron chi connectivity index (χ4n) is 3.28. The number of carboxylic acid groups (broad SMARTS) is 1. The van der Waals surface area contributed by atoms with Gasteiger partial charge in [-0.2, -0.15) is 0 Å². The number of amides is 4. The van der Waals surface area contributed by atoms with Gasteiger partial charge in [-0.1, -0.05) is 26.0 Å². The van der Waals surface area contributed by atoms with Crippen molar-refractivity contribution in [2.24, 2.45) is 17.4 Å². The van der Waals surface area contributed by atoms with Gasteiger partial charge in [-0.3, -0.25) is 19.2 Å². The average Bonchev–Trinajstić information content (AvgIpc) is 2.76. The number of aliphatic hydroxyl groups is 1. The first-order chi connectivity index (χ1) is 16.7. The molecule has 0 aliphatic rings. The summed E-state index contributed by atoms with van der Waals surface area (Å²) in [5.74, 6) is -4.80. The molecule has 0 aliphatic carbocycles. The number of rotatable bonds is 14. The number of hydrogen-bond donors (Lipinski definition) is 8. The van der Waals surface area contributed by atoms with Crippen LogP contribution in [0.5, 0.6) is 5.75 Å².